The summed E-state index contributed by atoms with van der Waals surface area (Å²) in [6, 6.07) is 9.61. The fourth-order valence-electron chi connectivity index (χ4n) is 2.91. The van der Waals surface area contributed by atoms with Crippen LogP contribution in [0.3, 0.4) is 0 Å². The molecule has 2 N–H and O–H groups in total. The van der Waals surface area contributed by atoms with Crippen LogP contribution in [0.2, 0.25) is 0 Å². The van der Waals surface area contributed by atoms with Gasteiger partial charge in [-0.25, -0.2) is 4.79 Å². The summed E-state index contributed by atoms with van der Waals surface area (Å²) in [6.07, 6.45) is 3.83. The SMILES string of the molecule is CC(CN1CCCCC1)NC(=O)Nc1nc(-c2ccccc2)ns1. The molecule has 3 rings (SSSR count). The van der Waals surface area contributed by atoms with E-state index < -0.39 is 0 Å². The molecule has 1 aliphatic rings. The molecule has 24 heavy (non-hydrogen) atoms. The van der Waals surface area contributed by atoms with Crippen molar-refractivity contribution in [1.82, 2.24) is 19.6 Å². The van der Waals surface area contributed by atoms with Crippen LogP contribution in [-0.2, 0) is 0 Å². The fraction of sp³-hybridized carbons (Fsp3) is 0.471. The molecule has 0 radical (unpaired) electrons. The quantitative estimate of drug-likeness (QED) is 0.873. The molecule has 1 saturated heterocycles. The van der Waals surface area contributed by atoms with E-state index in [1.54, 1.807) is 0 Å². The topological polar surface area (TPSA) is 70.2 Å². The number of rotatable bonds is 5. The molecule has 1 aromatic carbocycles. The second-order valence-electron chi connectivity index (χ2n) is 6.15. The van der Waals surface area contributed by atoms with Crippen molar-refractivity contribution in [1.29, 1.82) is 0 Å². The van der Waals surface area contributed by atoms with Crippen molar-refractivity contribution in [3.8, 4) is 11.4 Å². The zero-order chi connectivity index (χ0) is 16.8. The molecular formula is C17H23N5OS. The third kappa shape index (κ3) is 4.75. The highest BCUT2D eigenvalue weighted by atomic mass is 32.1. The Morgan fingerprint density at radius 2 is 2.00 bits per heavy atom. The maximum absolute atomic E-state index is 12.1. The molecule has 0 saturated carbocycles. The number of urea groups is 1. The number of anilines is 1. The number of likely N-dealkylation sites (tertiary alicyclic amines) is 1. The van der Waals surface area contributed by atoms with Crippen molar-refractivity contribution in [3.05, 3.63) is 30.3 Å². The van der Waals surface area contributed by atoms with Crippen LogP contribution in [-0.4, -0.2) is 46.0 Å². The number of hydrogen-bond acceptors (Lipinski definition) is 5. The number of hydrogen-bond donors (Lipinski definition) is 2. The lowest BCUT2D eigenvalue weighted by molar-refractivity contribution is 0.206. The normalized spacial score (nSPS) is 16.5. The molecule has 1 aromatic heterocycles. The van der Waals surface area contributed by atoms with E-state index in [1.807, 2.05) is 37.3 Å². The van der Waals surface area contributed by atoms with Gasteiger partial charge in [-0.3, -0.25) is 5.32 Å². The predicted octanol–water partition coefficient (Wildman–Crippen LogP) is 3.20. The van der Waals surface area contributed by atoms with E-state index in [-0.39, 0.29) is 12.1 Å². The molecular weight excluding hydrogens is 322 g/mol. The Balaban J connectivity index is 1.49. The zero-order valence-corrected chi connectivity index (χ0v) is 14.7. The fourth-order valence-corrected chi connectivity index (χ4v) is 3.50. The van der Waals surface area contributed by atoms with Gasteiger partial charge in [-0.2, -0.15) is 9.36 Å². The van der Waals surface area contributed by atoms with Crippen LogP contribution in [0.1, 0.15) is 26.2 Å². The van der Waals surface area contributed by atoms with Gasteiger partial charge >= 0.3 is 6.03 Å². The second-order valence-corrected chi connectivity index (χ2v) is 6.90. The van der Waals surface area contributed by atoms with Crippen LogP contribution in [0.15, 0.2) is 30.3 Å². The highest BCUT2D eigenvalue weighted by molar-refractivity contribution is 7.10. The van der Waals surface area contributed by atoms with E-state index in [2.05, 4.69) is 24.9 Å². The summed E-state index contributed by atoms with van der Waals surface area (Å²) in [5, 5.41) is 6.26. The molecule has 2 aromatic rings. The van der Waals surface area contributed by atoms with E-state index in [0.29, 0.717) is 11.0 Å². The van der Waals surface area contributed by atoms with Crippen LogP contribution in [0.25, 0.3) is 11.4 Å². The third-order valence-electron chi connectivity index (χ3n) is 4.04. The smallest absolute Gasteiger partial charge is 0.321 e. The molecule has 6 nitrogen and oxygen atoms in total. The predicted molar refractivity (Wildman–Crippen MR) is 97.3 cm³/mol. The lowest BCUT2D eigenvalue weighted by Crippen LogP contribution is -2.45. The van der Waals surface area contributed by atoms with E-state index in [1.165, 1.54) is 30.8 Å². The van der Waals surface area contributed by atoms with Gasteiger partial charge in [0, 0.05) is 29.7 Å². The summed E-state index contributed by atoms with van der Waals surface area (Å²) in [4.78, 5) is 18.9. The summed E-state index contributed by atoms with van der Waals surface area (Å²) in [7, 11) is 0. The van der Waals surface area contributed by atoms with Crippen LogP contribution in [0.5, 0.6) is 0 Å². The van der Waals surface area contributed by atoms with Crippen molar-refractivity contribution < 1.29 is 4.79 Å². The van der Waals surface area contributed by atoms with E-state index >= 15 is 0 Å². The van der Waals surface area contributed by atoms with Gasteiger partial charge in [-0.15, -0.1) is 0 Å². The van der Waals surface area contributed by atoms with Crippen LogP contribution >= 0.6 is 11.5 Å². The molecule has 2 amide bonds. The van der Waals surface area contributed by atoms with E-state index in [0.717, 1.165) is 25.2 Å². The molecule has 2 heterocycles. The number of carbonyl (C=O) groups excluding carboxylic acids is 1. The standard InChI is InChI=1S/C17H23N5OS/c1-13(12-22-10-6-3-7-11-22)18-16(23)20-17-19-15(21-24-17)14-8-4-2-5-9-14/h2,4-5,8-9,13H,3,6-7,10-12H2,1H3,(H2,18,19,20,21,23). The first-order valence-corrected chi connectivity index (χ1v) is 9.17. The number of nitrogens with zero attached hydrogens (tertiary/aromatic N) is 3. The molecule has 7 heteroatoms. The summed E-state index contributed by atoms with van der Waals surface area (Å²) in [5.41, 5.74) is 0.945. The number of benzene rings is 1. The largest absolute Gasteiger partial charge is 0.334 e. The minimum Gasteiger partial charge on any atom is -0.334 e. The summed E-state index contributed by atoms with van der Waals surface area (Å²) in [6.45, 7) is 5.18. The Hall–Kier alpha value is -1.99. The van der Waals surface area contributed by atoms with Gasteiger partial charge in [0.25, 0.3) is 0 Å². The van der Waals surface area contributed by atoms with Gasteiger partial charge in [0.05, 0.1) is 0 Å². The Labute approximate surface area is 146 Å². The minimum atomic E-state index is -0.227. The lowest BCUT2D eigenvalue weighted by atomic mass is 10.1. The van der Waals surface area contributed by atoms with Crippen LogP contribution in [0.4, 0.5) is 9.93 Å². The molecule has 1 fully saturated rings. The summed E-state index contributed by atoms with van der Waals surface area (Å²) < 4.78 is 4.29. The molecule has 0 aliphatic carbocycles. The lowest BCUT2D eigenvalue weighted by Gasteiger charge is -2.29. The van der Waals surface area contributed by atoms with Gasteiger partial charge in [0.15, 0.2) is 5.82 Å². The summed E-state index contributed by atoms with van der Waals surface area (Å²) >= 11 is 1.19. The van der Waals surface area contributed by atoms with Crippen LogP contribution < -0.4 is 10.6 Å². The Bertz CT molecular complexity index is 654. The number of amides is 2. The highest BCUT2D eigenvalue weighted by Gasteiger charge is 2.16. The molecule has 0 bridgehead atoms. The van der Waals surface area contributed by atoms with Crippen LogP contribution in [0, 0.1) is 0 Å². The number of carbonyl (C=O) groups is 1. The monoisotopic (exact) mass is 345 g/mol. The average molecular weight is 345 g/mol. The summed E-state index contributed by atoms with van der Waals surface area (Å²) in [5.74, 6) is 0.636. The Kier molecular flexibility index (Phi) is 5.77. The van der Waals surface area contributed by atoms with Gasteiger partial charge < -0.3 is 10.2 Å². The van der Waals surface area contributed by atoms with Gasteiger partial charge in [0.2, 0.25) is 5.13 Å². The van der Waals surface area contributed by atoms with Gasteiger partial charge in [-0.05, 0) is 32.9 Å². The van der Waals surface area contributed by atoms with E-state index in [9.17, 15) is 4.79 Å². The first-order valence-electron chi connectivity index (χ1n) is 8.40. The molecule has 128 valence electrons. The van der Waals surface area contributed by atoms with Crippen molar-refractivity contribution >= 4 is 22.7 Å². The maximum atomic E-state index is 12.1. The molecule has 1 aliphatic heterocycles. The minimum absolute atomic E-state index is 0.101. The molecule has 0 spiro atoms. The first-order chi connectivity index (χ1) is 11.7. The van der Waals surface area contributed by atoms with Crippen molar-refractivity contribution in [2.24, 2.45) is 0 Å². The Morgan fingerprint density at radius 3 is 2.75 bits per heavy atom. The van der Waals surface area contributed by atoms with Crippen molar-refractivity contribution in [2.75, 3.05) is 25.0 Å². The average Bonchev–Trinajstić information content (AvgIpc) is 3.04. The second kappa shape index (κ2) is 8.21. The van der Waals surface area contributed by atoms with Crippen molar-refractivity contribution in [2.45, 2.75) is 32.2 Å². The first kappa shape index (κ1) is 16.9. The number of aromatic nitrogens is 2. The van der Waals surface area contributed by atoms with Gasteiger partial charge in [-0.1, -0.05) is 36.8 Å². The number of nitrogens with one attached hydrogen (secondary N) is 2. The van der Waals surface area contributed by atoms with Gasteiger partial charge in [0.1, 0.15) is 0 Å². The highest BCUT2D eigenvalue weighted by Crippen LogP contribution is 2.20. The van der Waals surface area contributed by atoms with Crippen molar-refractivity contribution in [3.63, 3.8) is 0 Å². The molecule has 1 unspecified atom stereocenters. The maximum Gasteiger partial charge on any atom is 0.321 e. The number of piperidine rings is 1. The zero-order valence-electron chi connectivity index (χ0n) is 13.9. The third-order valence-corrected chi connectivity index (χ3v) is 4.67. The molecule has 1 atom stereocenters. The Morgan fingerprint density at radius 1 is 1.25 bits per heavy atom. The van der Waals surface area contributed by atoms with E-state index in [4.69, 9.17) is 0 Å².